The van der Waals surface area contributed by atoms with E-state index in [1.54, 1.807) is 86.6 Å². The summed E-state index contributed by atoms with van der Waals surface area (Å²) in [7, 11) is 0. The van der Waals surface area contributed by atoms with Crippen molar-refractivity contribution in [2.45, 2.75) is 20.3 Å². The third-order valence-corrected chi connectivity index (χ3v) is 5.54. The van der Waals surface area contributed by atoms with E-state index in [-0.39, 0.29) is 13.0 Å². The summed E-state index contributed by atoms with van der Waals surface area (Å²) in [5, 5.41) is 13.6. The van der Waals surface area contributed by atoms with Crippen molar-refractivity contribution in [1.29, 1.82) is 0 Å². The Labute approximate surface area is 212 Å². The maximum absolute atomic E-state index is 13.0. The van der Waals surface area contributed by atoms with Crippen LogP contribution < -0.4 is 9.64 Å². The summed E-state index contributed by atoms with van der Waals surface area (Å²) in [4.78, 5) is 25.3. The zero-order valence-electron chi connectivity index (χ0n) is 19.6. The number of hydrogen-bond donors (Lipinski definition) is 1. The summed E-state index contributed by atoms with van der Waals surface area (Å²) in [6.45, 7) is 3.61. The second-order valence-corrected chi connectivity index (χ2v) is 8.17. The van der Waals surface area contributed by atoms with E-state index in [4.69, 9.17) is 30.7 Å². The number of aromatic nitrogens is 1. The maximum Gasteiger partial charge on any atom is 0.419 e. The molecule has 1 amide bonds. The fourth-order valence-corrected chi connectivity index (χ4v) is 3.88. The predicted molar refractivity (Wildman–Crippen MR) is 135 cm³/mol. The highest BCUT2D eigenvalue weighted by molar-refractivity contribution is 6.34. The van der Waals surface area contributed by atoms with E-state index < -0.39 is 12.1 Å². The molecule has 0 aliphatic carbocycles. The number of ether oxygens (including phenoxy) is 2. The van der Waals surface area contributed by atoms with Crippen LogP contribution in [0.1, 0.15) is 18.2 Å². The van der Waals surface area contributed by atoms with Crippen molar-refractivity contribution >= 4 is 35.0 Å². The Morgan fingerprint density at radius 2 is 1.78 bits per heavy atom. The minimum absolute atomic E-state index is 0.0905. The van der Waals surface area contributed by atoms with Gasteiger partial charge in [0.1, 0.15) is 22.9 Å². The van der Waals surface area contributed by atoms with Gasteiger partial charge in [0, 0.05) is 5.56 Å². The molecular formula is C27H23ClN2O6. The van der Waals surface area contributed by atoms with E-state index in [9.17, 15) is 9.59 Å². The maximum atomic E-state index is 13.0. The molecule has 184 valence electrons. The van der Waals surface area contributed by atoms with Crippen molar-refractivity contribution in [2.24, 2.45) is 0 Å². The van der Waals surface area contributed by atoms with Crippen molar-refractivity contribution in [3.05, 3.63) is 89.1 Å². The van der Waals surface area contributed by atoms with Crippen LogP contribution in [0.15, 0.2) is 77.3 Å². The number of aliphatic carboxylic acids is 1. The standard InChI is InChI=1S/C27H23ClN2O6/c1-3-34-27(33)30(23-10-5-4-9-22(23)28)26-17(2)36-29-25(26)19-11-13-20(14-12-19)35-21-8-6-7-18(15-21)16-24(31)32/h4-15H,3,16H2,1-2H3,(H,31,32). The average Bonchev–Trinajstić information content (AvgIpc) is 3.22. The van der Waals surface area contributed by atoms with E-state index in [1.807, 2.05) is 0 Å². The number of carbonyl (C=O) groups is 2. The van der Waals surface area contributed by atoms with Gasteiger partial charge >= 0.3 is 12.1 Å². The second-order valence-electron chi connectivity index (χ2n) is 7.77. The SMILES string of the molecule is CCOC(=O)N(c1ccccc1Cl)c1c(-c2ccc(Oc3cccc(CC(=O)O)c3)cc2)noc1C. The molecule has 0 aliphatic heterocycles. The molecule has 0 aliphatic rings. The van der Waals surface area contributed by atoms with Crippen LogP contribution in [-0.4, -0.2) is 28.9 Å². The summed E-state index contributed by atoms with van der Waals surface area (Å²) >= 11 is 6.42. The number of nitrogens with zero attached hydrogens (tertiary/aromatic N) is 2. The molecule has 4 aromatic rings. The molecule has 8 nitrogen and oxygen atoms in total. The molecule has 0 atom stereocenters. The molecule has 1 heterocycles. The Balaban J connectivity index is 1.66. The third-order valence-electron chi connectivity index (χ3n) is 5.22. The van der Waals surface area contributed by atoms with Crippen molar-refractivity contribution in [1.82, 2.24) is 5.16 Å². The second kappa shape index (κ2) is 11.0. The fraction of sp³-hybridized carbons (Fsp3) is 0.148. The molecule has 0 spiro atoms. The summed E-state index contributed by atoms with van der Waals surface area (Å²) in [6, 6.07) is 20.9. The number of carbonyl (C=O) groups excluding carboxylic acids is 1. The number of para-hydroxylation sites is 1. The van der Waals surface area contributed by atoms with Gasteiger partial charge in [-0.2, -0.15) is 0 Å². The molecular weight excluding hydrogens is 484 g/mol. The molecule has 1 aromatic heterocycles. The molecule has 0 radical (unpaired) electrons. The summed E-state index contributed by atoms with van der Waals surface area (Å²) in [5.41, 5.74) is 2.59. The first-order valence-electron chi connectivity index (χ1n) is 11.1. The molecule has 0 saturated carbocycles. The number of carboxylic acid groups (broad SMARTS) is 1. The lowest BCUT2D eigenvalue weighted by atomic mass is 10.1. The zero-order valence-corrected chi connectivity index (χ0v) is 20.4. The minimum Gasteiger partial charge on any atom is -0.481 e. The van der Waals surface area contributed by atoms with E-state index in [0.717, 1.165) is 0 Å². The normalized spacial score (nSPS) is 10.6. The number of amides is 1. The average molecular weight is 507 g/mol. The monoisotopic (exact) mass is 506 g/mol. The Bertz CT molecular complexity index is 1380. The number of anilines is 2. The summed E-state index contributed by atoms with van der Waals surface area (Å²) in [5.74, 6) is 0.561. The van der Waals surface area contributed by atoms with E-state index in [2.05, 4.69) is 5.16 Å². The van der Waals surface area contributed by atoms with Gasteiger partial charge in [-0.15, -0.1) is 0 Å². The lowest BCUT2D eigenvalue weighted by Gasteiger charge is -2.23. The zero-order chi connectivity index (χ0) is 25.7. The highest BCUT2D eigenvalue weighted by atomic mass is 35.5. The van der Waals surface area contributed by atoms with Crippen molar-refractivity contribution in [2.75, 3.05) is 11.5 Å². The van der Waals surface area contributed by atoms with Gasteiger partial charge < -0.3 is 19.1 Å². The van der Waals surface area contributed by atoms with Gasteiger partial charge in [-0.1, -0.05) is 41.0 Å². The Morgan fingerprint density at radius 1 is 1.03 bits per heavy atom. The van der Waals surface area contributed by atoms with Gasteiger partial charge in [0.15, 0.2) is 5.76 Å². The van der Waals surface area contributed by atoms with Gasteiger partial charge in [0.25, 0.3) is 0 Å². The third kappa shape index (κ3) is 5.50. The summed E-state index contributed by atoms with van der Waals surface area (Å²) in [6.07, 6.45) is -0.702. The molecule has 1 N–H and O–H groups in total. The first kappa shape index (κ1) is 24.8. The molecule has 36 heavy (non-hydrogen) atoms. The van der Waals surface area contributed by atoms with Crippen LogP contribution in [0.3, 0.4) is 0 Å². The van der Waals surface area contributed by atoms with E-state index >= 15 is 0 Å². The van der Waals surface area contributed by atoms with Crippen molar-refractivity contribution in [3.8, 4) is 22.8 Å². The number of halogens is 1. The quantitative estimate of drug-likeness (QED) is 0.274. The lowest BCUT2D eigenvalue weighted by molar-refractivity contribution is -0.136. The smallest absolute Gasteiger partial charge is 0.419 e. The summed E-state index contributed by atoms with van der Waals surface area (Å²) < 4.78 is 16.7. The Hall–Kier alpha value is -4.30. The van der Waals surface area contributed by atoms with Gasteiger partial charge in [-0.05, 0) is 67.9 Å². The molecule has 4 rings (SSSR count). The number of aryl methyl sites for hydroxylation is 1. The topological polar surface area (TPSA) is 102 Å². The van der Waals surface area contributed by atoms with Crippen LogP contribution in [0.2, 0.25) is 5.02 Å². The van der Waals surface area contributed by atoms with E-state index in [1.165, 1.54) is 4.90 Å². The van der Waals surface area contributed by atoms with Crippen molar-refractivity contribution in [3.63, 3.8) is 0 Å². The van der Waals surface area contributed by atoms with Gasteiger partial charge in [0.05, 0.1) is 23.7 Å². The van der Waals surface area contributed by atoms with Gasteiger partial charge in [0.2, 0.25) is 0 Å². The van der Waals surface area contributed by atoms with Crippen molar-refractivity contribution < 1.29 is 28.7 Å². The van der Waals surface area contributed by atoms with Gasteiger partial charge in [-0.25, -0.2) is 9.69 Å². The highest BCUT2D eigenvalue weighted by Crippen LogP contribution is 2.41. The van der Waals surface area contributed by atoms with Gasteiger partial charge in [-0.3, -0.25) is 4.79 Å². The van der Waals surface area contributed by atoms with Crippen LogP contribution in [-0.2, 0) is 16.0 Å². The Morgan fingerprint density at radius 3 is 2.47 bits per heavy atom. The highest BCUT2D eigenvalue weighted by Gasteiger charge is 2.29. The largest absolute Gasteiger partial charge is 0.481 e. The van der Waals surface area contributed by atoms with E-state index in [0.29, 0.717) is 50.5 Å². The number of carboxylic acids is 1. The first-order valence-corrected chi connectivity index (χ1v) is 11.5. The number of rotatable bonds is 8. The number of hydrogen-bond acceptors (Lipinski definition) is 6. The molecule has 9 heteroatoms. The predicted octanol–water partition coefficient (Wildman–Crippen LogP) is 7.02. The molecule has 3 aromatic carbocycles. The fourth-order valence-electron chi connectivity index (χ4n) is 3.66. The van der Waals surface area contributed by atoms with Crippen LogP contribution in [0.5, 0.6) is 11.5 Å². The number of benzene rings is 3. The minimum atomic E-state index is -0.913. The first-order chi connectivity index (χ1) is 17.4. The molecule has 0 bridgehead atoms. The van der Waals surface area contributed by atoms with Crippen LogP contribution >= 0.6 is 11.6 Å². The Kier molecular flexibility index (Phi) is 7.56. The molecule has 0 unspecified atom stereocenters. The van der Waals surface area contributed by atoms with Crippen LogP contribution in [0.4, 0.5) is 16.2 Å². The lowest BCUT2D eigenvalue weighted by Crippen LogP contribution is -2.27. The van der Waals surface area contributed by atoms with Crippen LogP contribution in [0, 0.1) is 6.92 Å². The molecule has 0 fully saturated rings. The molecule has 0 saturated heterocycles. The van der Waals surface area contributed by atoms with Crippen LogP contribution in [0.25, 0.3) is 11.3 Å².